The number of aryl methyl sites for hydroxylation is 1. The van der Waals surface area contributed by atoms with Gasteiger partial charge in [-0.25, -0.2) is 0 Å². The number of guanidine groups is 1. The number of methoxy groups -OCH3 is 3. The molecule has 0 aromatic heterocycles. The standard InChI is InChI=1S/C20H31N3O4/c1-21-20(23-12-9-16(10-13-23)19(24)27-4)22-11-5-6-15-7-8-17(25-2)18(14-15)26-3/h7-8,14,16H,5-6,9-13H2,1-4H3,(H,21,22). The fraction of sp³-hybridized carbons (Fsp3) is 0.600. The average molecular weight is 377 g/mol. The zero-order chi connectivity index (χ0) is 19.6. The smallest absolute Gasteiger partial charge is 0.308 e. The summed E-state index contributed by atoms with van der Waals surface area (Å²) in [4.78, 5) is 18.2. The van der Waals surface area contributed by atoms with Crippen molar-refractivity contribution in [2.45, 2.75) is 25.7 Å². The molecule has 1 aromatic carbocycles. The topological polar surface area (TPSA) is 72.4 Å². The van der Waals surface area contributed by atoms with Gasteiger partial charge < -0.3 is 24.4 Å². The summed E-state index contributed by atoms with van der Waals surface area (Å²) in [5.74, 6) is 2.30. The van der Waals surface area contributed by atoms with Crippen LogP contribution >= 0.6 is 0 Å². The Morgan fingerprint density at radius 1 is 1.19 bits per heavy atom. The third-order valence-electron chi connectivity index (χ3n) is 4.91. The van der Waals surface area contributed by atoms with Crippen LogP contribution in [-0.2, 0) is 16.0 Å². The molecule has 1 saturated heterocycles. The molecule has 1 fully saturated rings. The molecule has 1 aliphatic heterocycles. The molecule has 1 N–H and O–H groups in total. The molecule has 7 nitrogen and oxygen atoms in total. The minimum Gasteiger partial charge on any atom is -0.493 e. The van der Waals surface area contributed by atoms with E-state index in [2.05, 4.69) is 21.3 Å². The first kappa shape index (κ1) is 20.9. The highest BCUT2D eigenvalue weighted by Crippen LogP contribution is 2.27. The molecule has 27 heavy (non-hydrogen) atoms. The Balaban J connectivity index is 1.76. The van der Waals surface area contributed by atoms with Gasteiger partial charge in [0.2, 0.25) is 0 Å². The lowest BCUT2D eigenvalue weighted by atomic mass is 9.97. The van der Waals surface area contributed by atoms with E-state index in [1.165, 1.54) is 12.7 Å². The maximum atomic E-state index is 11.6. The van der Waals surface area contributed by atoms with Crippen LogP contribution in [0.15, 0.2) is 23.2 Å². The minimum atomic E-state index is -0.104. The van der Waals surface area contributed by atoms with Crippen molar-refractivity contribution >= 4 is 11.9 Å². The van der Waals surface area contributed by atoms with Gasteiger partial charge in [-0.15, -0.1) is 0 Å². The highest BCUT2D eigenvalue weighted by atomic mass is 16.5. The zero-order valence-corrected chi connectivity index (χ0v) is 16.8. The van der Waals surface area contributed by atoms with Crippen LogP contribution in [0.2, 0.25) is 0 Å². The number of esters is 1. The fourth-order valence-electron chi connectivity index (χ4n) is 3.35. The van der Waals surface area contributed by atoms with E-state index in [1.54, 1.807) is 21.3 Å². The predicted octanol–water partition coefficient (Wildman–Crippen LogP) is 2.10. The van der Waals surface area contributed by atoms with Crippen molar-refractivity contribution in [3.63, 3.8) is 0 Å². The van der Waals surface area contributed by atoms with E-state index in [0.29, 0.717) is 0 Å². The number of hydrogen-bond acceptors (Lipinski definition) is 5. The lowest BCUT2D eigenvalue weighted by Crippen LogP contribution is -2.46. The third-order valence-corrected chi connectivity index (χ3v) is 4.91. The second-order valence-electron chi connectivity index (χ2n) is 6.55. The highest BCUT2D eigenvalue weighted by Gasteiger charge is 2.26. The quantitative estimate of drug-likeness (QED) is 0.340. The van der Waals surface area contributed by atoms with E-state index in [1.807, 2.05) is 12.1 Å². The van der Waals surface area contributed by atoms with Crippen molar-refractivity contribution in [3.05, 3.63) is 23.8 Å². The number of aliphatic imine (C=N–C) groups is 1. The highest BCUT2D eigenvalue weighted by molar-refractivity contribution is 5.80. The number of hydrogen-bond donors (Lipinski definition) is 1. The van der Waals surface area contributed by atoms with Crippen molar-refractivity contribution in [2.24, 2.45) is 10.9 Å². The average Bonchev–Trinajstić information content (AvgIpc) is 2.73. The number of ether oxygens (including phenoxy) is 3. The molecular formula is C20H31N3O4. The Labute approximate surface area is 161 Å². The summed E-state index contributed by atoms with van der Waals surface area (Å²) in [6.07, 6.45) is 3.53. The molecule has 1 aliphatic rings. The molecule has 0 radical (unpaired) electrons. The molecule has 0 bridgehead atoms. The van der Waals surface area contributed by atoms with Crippen molar-refractivity contribution in [1.82, 2.24) is 10.2 Å². The van der Waals surface area contributed by atoms with E-state index >= 15 is 0 Å². The normalized spacial score (nSPS) is 15.4. The van der Waals surface area contributed by atoms with Gasteiger partial charge in [0.1, 0.15) is 0 Å². The SMILES string of the molecule is CN=C(NCCCc1ccc(OC)c(OC)c1)N1CCC(C(=O)OC)CC1. The Bertz CT molecular complexity index is 640. The largest absolute Gasteiger partial charge is 0.493 e. The van der Waals surface area contributed by atoms with E-state index in [-0.39, 0.29) is 11.9 Å². The first-order valence-corrected chi connectivity index (χ1v) is 9.37. The van der Waals surface area contributed by atoms with Crippen molar-refractivity contribution < 1.29 is 19.0 Å². The second-order valence-corrected chi connectivity index (χ2v) is 6.55. The lowest BCUT2D eigenvalue weighted by Gasteiger charge is -2.33. The molecule has 0 amide bonds. The van der Waals surface area contributed by atoms with Crippen molar-refractivity contribution in [2.75, 3.05) is 48.0 Å². The van der Waals surface area contributed by atoms with Gasteiger partial charge in [-0.2, -0.15) is 0 Å². The maximum Gasteiger partial charge on any atom is 0.308 e. The molecule has 2 rings (SSSR count). The molecule has 150 valence electrons. The number of rotatable bonds is 7. The van der Waals surface area contributed by atoms with Gasteiger partial charge in [0.15, 0.2) is 17.5 Å². The van der Waals surface area contributed by atoms with Gasteiger partial charge in [0.05, 0.1) is 27.2 Å². The Morgan fingerprint density at radius 2 is 1.89 bits per heavy atom. The minimum absolute atomic E-state index is 0.00871. The molecule has 1 heterocycles. The fourth-order valence-corrected chi connectivity index (χ4v) is 3.35. The summed E-state index contributed by atoms with van der Waals surface area (Å²) in [6.45, 7) is 2.46. The summed E-state index contributed by atoms with van der Waals surface area (Å²) in [5.41, 5.74) is 1.21. The van der Waals surface area contributed by atoms with Crippen LogP contribution in [-0.4, -0.2) is 64.8 Å². The van der Waals surface area contributed by atoms with Gasteiger partial charge in [0.25, 0.3) is 0 Å². The molecular weight excluding hydrogens is 346 g/mol. The van der Waals surface area contributed by atoms with Crippen LogP contribution in [0.5, 0.6) is 11.5 Å². The zero-order valence-electron chi connectivity index (χ0n) is 16.8. The third kappa shape index (κ3) is 5.77. The lowest BCUT2D eigenvalue weighted by molar-refractivity contribution is -0.146. The number of carbonyl (C=O) groups is 1. The van der Waals surface area contributed by atoms with Gasteiger partial charge in [-0.3, -0.25) is 9.79 Å². The van der Waals surface area contributed by atoms with E-state index < -0.39 is 0 Å². The first-order chi connectivity index (χ1) is 13.1. The monoisotopic (exact) mass is 377 g/mol. The molecule has 7 heteroatoms. The number of nitrogens with zero attached hydrogens (tertiary/aromatic N) is 2. The molecule has 0 atom stereocenters. The van der Waals surface area contributed by atoms with Crippen LogP contribution < -0.4 is 14.8 Å². The Hall–Kier alpha value is -2.44. The van der Waals surface area contributed by atoms with Gasteiger partial charge in [-0.1, -0.05) is 6.07 Å². The van der Waals surface area contributed by atoms with Gasteiger partial charge in [0, 0.05) is 26.7 Å². The second kappa shape index (κ2) is 10.6. The predicted molar refractivity (Wildman–Crippen MR) is 106 cm³/mol. The summed E-state index contributed by atoms with van der Waals surface area (Å²) < 4.78 is 15.5. The van der Waals surface area contributed by atoms with Crippen LogP contribution in [0.1, 0.15) is 24.8 Å². The van der Waals surface area contributed by atoms with Crippen molar-refractivity contribution in [3.8, 4) is 11.5 Å². The van der Waals surface area contributed by atoms with Crippen LogP contribution in [0.4, 0.5) is 0 Å². The van der Waals surface area contributed by atoms with Gasteiger partial charge in [-0.05, 0) is 43.4 Å². The van der Waals surface area contributed by atoms with E-state index in [9.17, 15) is 4.79 Å². The summed E-state index contributed by atoms with van der Waals surface area (Å²) in [7, 11) is 6.54. The van der Waals surface area contributed by atoms with E-state index in [0.717, 1.165) is 62.8 Å². The molecule has 1 aromatic rings. The first-order valence-electron chi connectivity index (χ1n) is 9.37. The van der Waals surface area contributed by atoms with Crippen LogP contribution in [0.25, 0.3) is 0 Å². The molecule has 0 spiro atoms. The summed E-state index contributed by atoms with van der Waals surface area (Å²) in [5, 5.41) is 3.42. The van der Waals surface area contributed by atoms with Crippen LogP contribution in [0, 0.1) is 5.92 Å². The number of benzene rings is 1. The Kier molecular flexibility index (Phi) is 8.23. The Morgan fingerprint density at radius 3 is 2.48 bits per heavy atom. The number of piperidine rings is 1. The number of carbonyl (C=O) groups excluding carboxylic acids is 1. The summed E-state index contributed by atoms with van der Waals surface area (Å²) in [6, 6.07) is 6.02. The van der Waals surface area contributed by atoms with E-state index in [4.69, 9.17) is 14.2 Å². The van der Waals surface area contributed by atoms with Gasteiger partial charge >= 0.3 is 5.97 Å². The number of nitrogens with one attached hydrogen (secondary N) is 1. The number of likely N-dealkylation sites (tertiary alicyclic amines) is 1. The molecule has 0 unspecified atom stereocenters. The van der Waals surface area contributed by atoms with Crippen LogP contribution in [0.3, 0.4) is 0 Å². The molecule has 0 saturated carbocycles. The van der Waals surface area contributed by atoms with Crippen molar-refractivity contribution in [1.29, 1.82) is 0 Å². The summed E-state index contributed by atoms with van der Waals surface area (Å²) >= 11 is 0. The maximum absolute atomic E-state index is 11.6. The molecule has 0 aliphatic carbocycles.